The lowest BCUT2D eigenvalue weighted by molar-refractivity contribution is -0.115. The van der Waals surface area contributed by atoms with Gasteiger partial charge in [0.15, 0.2) is 0 Å². The van der Waals surface area contributed by atoms with Gasteiger partial charge in [0.1, 0.15) is 0 Å². The second kappa shape index (κ2) is 5.62. The van der Waals surface area contributed by atoms with Gasteiger partial charge < -0.3 is 10.4 Å². The van der Waals surface area contributed by atoms with Gasteiger partial charge in [-0.05, 0) is 6.07 Å². The molecule has 1 rings (SSSR count). The zero-order valence-electron chi connectivity index (χ0n) is 7.66. The second-order valence-electron chi connectivity index (χ2n) is 2.80. The molecule has 0 saturated heterocycles. The maximum absolute atomic E-state index is 11.2. The summed E-state index contributed by atoms with van der Waals surface area (Å²) in [7, 11) is 0. The Kier molecular flexibility index (Phi) is 4.43. The average Bonchev–Trinajstić information content (AvgIpc) is 2.19. The summed E-state index contributed by atoms with van der Waals surface area (Å²) in [5.41, 5.74) is 1.35. The molecular weight excluding hydrogens is 202 g/mol. The summed E-state index contributed by atoms with van der Waals surface area (Å²) in [5, 5.41) is 11.7. The predicted molar refractivity (Wildman–Crippen MR) is 56.3 cm³/mol. The van der Waals surface area contributed by atoms with Gasteiger partial charge in [-0.2, -0.15) is 0 Å². The number of aliphatic hydroxyl groups is 1. The molecule has 3 nitrogen and oxygen atoms in total. The fourth-order valence-corrected chi connectivity index (χ4v) is 1.25. The van der Waals surface area contributed by atoms with Crippen molar-refractivity contribution in [1.82, 2.24) is 0 Å². The highest BCUT2D eigenvalue weighted by Gasteiger charge is 2.04. The predicted octanol–water partition coefficient (Wildman–Crippen LogP) is 1.75. The van der Waals surface area contributed by atoms with E-state index in [9.17, 15) is 4.79 Å². The van der Waals surface area contributed by atoms with E-state index in [1.165, 1.54) is 0 Å². The first kappa shape index (κ1) is 11.0. The first-order chi connectivity index (χ1) is 6.77. The van der Waals surface area contributed by atoms with Gasteiger partial charge in [0, 0.05) is 23.6 Å². The van der Waals surface area contributed by atoms with Gasteiger partial charge in [-0.25, -0.2) is 0 Å². The molecule has 0 spiro atoms. The molecule has 76 valence electrons. The molecule has 0 bridgehead atoms. The maximum atomic E-state index is 11.2. The van der Waals surface area contributed by atoms with Crippen LogP contribution in [0.5, 0.6) is 0 Å². The number of benzene rings is 1. The van der Waals surface area contributed by atoms with Crippen molar-refractivity contribution in [3.8, 4) is 0 Å². The molecule has 0 fully saturated rings. The number of hydrogen-bond donors (Lipinski definition) is 2. The molecule has 0 heterocycles. The molecule has 1 aromatic carbocycles. The van der Waals surface area contributed by atoms with E-state index in [4.69, 9.17) is 16.7 Å². The van der Waals surface area contributed by atoms with Crippen LogP contribution in [-0.4, -0.2) is 16.9 Å². The van der Waals surface area contributed by atoms with Gasteiger partial charge in [0.2, 0.25) is 5.91 Å². The molecule has 0 unspecified atom stereocenters. The van der Waals surface area contributed by atoms with Crippen LogP contribution < -0.4 is 5.32 Å². The summed E-state index contributed by atoms with van der Waals surface area (Å²) in [4.78, 5) is 11.2. The number of para-hydroxylation sites is 1. The van der Waals surface area contributed by atoms with Crippen molar-refractivity contribution in [3.05, 3.63) is 29.8 Å². The lowest BCUT2D eigenvalue weighted by atomic mass is 10.2. The topological polar surface area (TPSA) is 49.3 Å². The first-order valence-corrected chi connectivity index (χ1v) is 4.86. The Labute approximate surface area is 87.7 Å². The number of carbonyl (C=O) groups excluding carboxylic acids is 1. The third kappa shape index (κ3) is 3.01. The van der Waals surface area contributed by atoms with E-state index in [1.54, 1.807) is 18.2 Å². The molecule has 1 amide bonds. The van der Waals surface area contributed by atoms with Crippen LogP contribution in [-0.2, 0) is 11.4 Å². The third-order valence-electron chi connectivity index (χ3n) is 1.78. The van der Waals surface area contributed by atoms with Crippen LogP contribution in [0.4, 0.5) is 5.69 Å². The lowest BCUT2D eigenvalue weighted by Crippen LogP contribution is -2.13. The number of aliphatic hydroxyl groups excluding tert-OH is 1. The van der Waals surface area contributed by atoms with E-state index < -0.39 is 0 Å². The standard InChI is InChI=1S/C10H12ClNO2/c11-6-5-10(14)12-9-4-2-1-3-8(9)7-13/h1-4,13H,5-7H2,(H,12,14). The second-order valence-corrected chi connectivity index (χ2v) is 3.18. The van der Waals surface area contributed by atoms with Crippen molar-refractivity contribution < 1.29 is 9.90 Å². The van der Waals surface area contributed by atoms with E-state index in [0.29, 0.717) is 17.1 Å². The number of nitrogens with one attached hydrogen (secondary N) is 1. The molecule has 0 aromatic heterocycles. The van der Waals surface area contributed by atoms with Gasteiger partial charge in [-0.3, -0.25) is 4.79 Å². The third-order valence-corrected chi connectivity index (χ3v) is 1.97. The molecular formula is C10H12ClNO2. The van der Waals surface area contributed by atoms with Crippen LogP contribution in [0.15, 0.2) is 24.3 Å². The number of hydrogen-bond acceptors (Lipinski definition) is 2. The Balaban J connectivity index is 2.70. The van der Waals surface area contributed by atoms with E-state index >= 15 is 0 Å². The number of amides is 1. The summed E-state index contributed by atoms with van der Waals surface area (Å²) in [5.74, 6) is 0.161. The van der Waals surface area contributed by atoms with Gasteiger partial charge in [-0.15, -0.1) is 11.6 Å². The molecule has 14 heavy (non-hydrogen) atoms. The van der Waals surface area contributed by atoms with Gasteiger partial charge in [0.25, 0.3) is 0 Å². The minimum absolute atomic E-state index is 0.0860. The van der Waals surface area contributed by atoms with Gasteiger partial charge in [-0.1, -0.05) is 18.2 Å². The fraction of sp³-hybridized carbons (Fsp3) is 0.300. The van der Waals surface area contributed by atoms with Crippen molar-refractivity contribution in [2.24, 2.45) is 0 Å². The highest BCUT2D eigenvalue weighted by atomic mass is 35.5. The minimum Gasteiger partial charge on any atom is -0.392 e. The first-order valence-electron chi connectivity index (χ1n) is 4.32. The summed E-state index contributed by atoms with van der Waals surface area (Å²) in [6.45, 7) is -0.0860. The quantitative estimate of drug-likeness (QED) is 0.749. The van der Waals surface area contributed by atoms with Gasteiger partial charge >= 0.3 is 0 Å². The lowest BCUT2D eigenvalue weighted by Gasteiger charge is -2.07. The summed E-state index contributed by atoms with van der Waals surface area (Å²) in [6, 6.07) is 7.12. The molecule has 0 aliphatic rings. The van der Waals surface area contributed by atoms with Crippen LogP contribution in [0.25, 0.3) is 0 Å². The average molecular weight is 214 g/mol. The Bertz CT molecular complexity index is 315. The molecule has 0 saturated carbocycles. The Morgan fingerprint density at radius 2 is 2.14 bits per heavy atom. The molecule has 1 aromatic rings. The highest BCUT2D eigenvalue weighted by molar-refractivity contribution is 6.19. The van der Waals surface area contributed by atoms with E-state index in [0.717, 1.165) is 0 Å². The number of alkyl halides is 1. The zero-order valence-corrected chi connectivity index (χ0v) is 8.42. The summed E-state index contributed by atoms with van der Waals surface area (Å²) >= 11 is 5.43. The Morgan fingerprint density at radius 1 is 1.43 bits per heavy atom. The van der Waals surface area contributed by atoms with Crippen molar-refractivity contribution >= 4 is 23.2 Å². The monoisotopic (exact) mass is 213 g/mol. The molecule has 0 aliphatic carbocycles. The smallest absolute Gasteiger partial charge is 0.225 e. The van der Waals surface area contributed by atoms with Crippen molar-refractivity contribution in [2.45, 2.75) is 13.0 Å². The molecule has 2 N–H and O–H groups in total. The van der Waals surface area contributed by atoms with Crippen molar-refractivity contribution in [2.75, 3.05) is 11.2 Å². The van der Waals surface area contributed by atoms with E-state index in [-0.39, 0.29) is 18.9 Å². The van der Waals surface area contributed by atoms with Crippen LogP contribution in [0.1, 0.15) is 12.0 Å². The molecule has 0 aliphatic heterocycles. The van der Waals surface area contributed by atoms with Crippen LogP contribution in [0.2, 0.25) is 0 Å². The SMILES string of the molecule is O=C(CCCl)Nc1ccccc1CO. The number of halogens is 1. The Morgan fingerprint density at radius 3 is 2.79 bits per heavy atom. The largest absolute Gasteiger partial charge is 0.392 e. The molecule has 0 radical (unpaired) electrons. The maximum Gasteiger partial charge on any atom is 0.225 e. The Hall–Kier alpha value is -1.06. The summed E-state index contributed by atoms with van der Waals surface area (Å²) in [6.07, 6.45) is 0.279. The summed E-state index contributed by atoms with van der Waals surface area (Å²) < 4.78 is 0. The zero-order chi connectivity index (χ0) is 10.4. The van der Waals surface area contributed by atoms with Crippen molar-refractivity contribution in [3.63, 3.8) is 0 Å². The highest BCUT2D eigenvalue weighted by Crippen LogP contribution is 2.14. The van der Waals surface area contributed by atoms with Crippen LogP contribution >= 0.6 is 11.6 Å². The molecule has 0 atom stereocenters. The normalized spacial score (nSPS) is 9.86. The number of rotatable bonds is 4. The van der Waals surface area contributed by atoms with Crippen LogP contribution in [0, 0.1) is 0 Å². The van der Waals surface area contributed by atoms with E-state index in [1.807, 2.05) is 6.07 Å². The minimum atomic E-state index is -0.138. The van der Waals surface area contributed by atoms with Crippen LogP contribution in [0.3, 0.4) is 0 Å². The number of anilines is 1. The van der Waals surface area contributed by atoms with Gasteiger partial charge in [0.05, 0.1) is 6.61 Å². The molecule has 4 heteroatoms. The van der Waals surface area contributed by atoms with Crippen molar-refractivity contribution in [1.29, 1.82) is 0 Å². The number of carbonyl (C=O) groups is 1. The van der Waals surface area contributed by atoms with E-state index in [2.05, 4.69) is 5.32 Å². The fourth-order valence-electron chi connectivity index (χ4n) is 1.08.